The van der Waals surface area contributed by atoms with Crippen molar-refractivity contribution in [2.75, 3.05) is 10.0 Å². The Hall–Kier alpha value is -2.38. The van der Waals surface area contributed by atoms with Gasteiger partial charge in [0.25, 0.3) is 10.0 Å². The first-order valence-corrected chi connectivity index (χ1v) is 11.2. The lowest BCUT2D eigenvalue weighted by Gasteiger charge is -2.28. The van der Waals surface area contributed by atoms with E-state index in [4.69, 9.17) is 0 Å². The molecule has 2 aromatic carbocycles. The fourth-order valence-corrected chi connectivity index (χ4v) is 5.36. The molecule has 2 bridgehead atoms. The molecule has 2 saturated heterocycles. The average Bonchev–Trinajstić information content (AvgIpc) is 3.00. The summed E-state index contributed by atoms with van der Waals surface area (Å²) in [5, 5.41) is 6.50. The van der Waals surface area contributed by atoms with E-state index in [1.54, 1.807) is 54.6 Å². The van der Waals surface area contributed by atoms with E-state index in [0.717, 1.165) is 12.8 Å². The van der Waals surface area contributed by atoms with E-state index in [1.165, 1.54) is 12.8 Å². The zero-order valence-corrected chi connectivity index (χ0v) is 16.4. The van der Waals surface area contributed by atoms with E-state index in [-0.39, 0.29) is 10.8 Å². The van der Waals surface area contributed by atoms with E-state index in [0.29, 0.717) is 35.8 Å². The van der Waals surface area contributed by atoms with Gasteiger partial charge in [0.1, 0.15) is 0 Å². The van der Waals surface area contributed by atoms with Crippen molar-refractivity contribution in [1.82, 2.24) is 5.32 Å². The number of hydrogen-bond acceptors (Lipinski definition) is 4. The Labute approximate surface area is 165 Å². The lowest BCUT2D eigenvalue weighted by Crippen LogP contribution is -2.39. The number of hydrogen-bond donors (Lipinski definition) is 3. The smallest absolute Gasteiger partial charge is 0.261 e. The third-order valence-electron chi connectivity index (χ3n) is 5.50. The molecule has 0 aliphatic carbocycles. The van der Waals surface area contributed by atoms with Crippen LogP contribution in [0.5, 0.6) is 0 Å². The first kappa shape index (κ1) is 19.0. The van der Waals surface area contributed by atoms with Crippen LogP contribution in [0, 0.1) is 5.92 Å². The van der Waals surface area contributed by atoms with Crippen LogP contribution in [0.15, 0.2) is 59.5 Å². The van der Waals surface area contributed by atoms with Crippen LogP contribution >= 0.6 is 0 Å². The van der Waals surface area contributed by atoms with Crippen LogP contribution in [0.1, 0.15) is 32.1 Å². The van der Waals surface area contributed by atoms with Crippen molar-refractivity contribution in [3.05, 3.63) is 54.6 Å². The van der Waals surface area contributed by atoms with Gasteiger partial charge in [-0.05, 0) is 61.9 Å². The van der Waals surface area contributed by atoms with Gasteiger partial charge in [-0.2, -0.15) is 0 Å². The first-order valence-electron chi connectivity index (χ1n) is 9.72. The van der Waals surface area contributed by atoms with Crippen LogP contribution in [0.25, 0.3) is 0 Å². The SMILES string of the molecule is O=C(CC1CC2CCC(C1)N2)Nc1cccc(NS(=O)(=O)c2ccccc2)c1. The number of rotatable bonds is 6. The maximum Gasteiger partial charge on any atom is 0.261 e. The van der Waals surface area contributed by atoms with Crippen LogP contribution in [-0.2, 0) is 14.8 Å². The van der Waals surface area contributed by atoms with Crippen LogP contribution < -0.4 is 15.4 Å². The standard InChI is InChI=1S/C21H25N3O3S/c25-21(13-15-11-17-9-10-18(12-15)22-17)23-16-5-4-6-19(14-16)24-28(26,27)20-7-2-1-3-8-20/h1-8,14-15,17-18,22,24H,9-13H2,(H,23,25). The molecule has 2 atom stereocenters. The van der Waals surface area contributed by atoms with Crippen molar-refractivity contribution >= 4 is 27.3 Å². The Morgan fingerprint density at radius 3 is 2.36 bits per heavy atom. The molecule has 0 radical (unpaired) electrons. The highest BCUT2D eigenvalue weighted by atomic mass is 32.2. The number of piperidine rings is 1. The highest BCUT2D eigenvalue weighted by Crippen LogP contribution is 2.33. The molecule has 3 N–H and O–H groups in total. The van der Waals surface area contributed by atoms with Gasteiger partial charge in [-0.3, -0.25) is 9.52 Å². The number of carbonyl (C=O) groups excluding carboxylic acids is 1. The Bertz CT molecular complexity index is 934. The number of sulfonamides is 1. The lowest BCUT2D eigenvalue weighted by atomic mass is 9.89. The van der Waals surface area contributed by atoms with E-state index in [2.05, 4.69) is 15.4 Å². The maximum atomic E-state index is 12.5. The zero-order chi connectivity index (χ0) is 19.6. The average molecular weight is 400 g/mol. The summed E-state index contributed by atoms with van der Waals surface area (Å²) in [6.45, 7) is 0. The largest absolute Gasteiger partial charge is 0.326 e. The van der Waals surface area contributed by atoms with Gasteiger partial charge in [0.15, 0.2) is 0 Å². The molecular formula is C21H25N3O3S. The molecule has 2 heterocycles. The number of anilines is 2. The van der Waals surface area contributed by atoms with Gasteiger partial charge in [0, 0.05) is 24.2 Å². The number of carbonyl (C=O) groups is 1. The van der Waals surface area contributed by atoms with Gasteiger partial charge < -0.3 is 10.6 Å². The van der Waals surface area contributed by atoms with Crippen molar-refractivity contribution in [1.29, 1.82) is 0 Å². The second kappa shape index (κ2) is 7.93. The number of fused-ring (bicyclic) bond motifs is 2. The Morgan fingerprint density at radius 2 is 1.64 bits per heavy atom. The summed E-state index contributed by atoms with van der Waals surface area (Å²) < 4.78 is 27.5. The van der Waals surface area contributed by atoms with Gasteiger partial charge in [0.2, 0.25) is 5.91 Å². The predicted octanol–water partition coefficient (Wildman–Crippen LogP) is 3.35. The summed E-state index contributed by atoms with van der Waals surface area (Å²) >= 11 is 0. The van der Waals surface area contributed by atoms with Gasteiger partial charge in [-0.1, -0.05) is 24.3 Å². The highest BCUT2D eigenvalue weighted by molar-refractivity contribution is 7.92. The number of amides is 1. The summed E-state index contributed by atoms with van der Waals surface area (Å²) in [7, 11) is -3.66. The summed E-state index contributed by atoms with van der Waals surface area (Å²) in [5.41, 5.74) is 1.01. The minimum atomic E-state index is -3.66. The molecule has 28 heavy (non-hydrogen) atoms. The zero-order valence-electron chi connectivity index (χ0n) is 15.6. The highest BCUT2D eigenvalue weighted by Gasteiger charge is 2.34. The van der Waals surface area contributed by atoms with Crippen molar-refractivity contribution in [2.24, 2.45) is 5.92 Å². The van der Waals surface area contributed by atoms with Crippen LogP contribution in [0.2, 0.25) is 0 Å². The third-order valence-corrected chi connectivity index (χ3v) is 6.89. The predicted molar refractivity (Wildman–Crippen MR) is 110 cm³/mol. The second-order valence-corrected chi connectivity index (χ2v) is 9.41. The monoisotopic (exact) mass is 399 g/mol. The molecule has 0 aromatic heterocycles. The molecule has 1 amide bonds. The molecule has 7 heteroatoms. The maximum absolute atomic E-state index is 12.5. The van der Waals surface area contributed by atoms with Crippen molar-refractivity contribution in [2.45, 2.75) is 49.1 Å². The van der Waals surface area contributed by atoms with Crippen molar-refractivity contribution in [3.63, 3.8) is 0 Å². The van der Waals surface area contributed by atoms with E-state index < -0.39 is 10.0 Å². The van der Waals surface area contributed by atoms with E-state index in [1.807, 2.05) is 0 Å². The molecule has 2 aliphatic heterocycles. The van der Waals surface area contributed by atoms with E-state index in [9.17, 15) is 13.2 Å². The second-order valence-electron chi connectivity index (χ2n) is 7.73. The van der Waals surface area contributed by atoms with Gasteiger partial charge in [-0.15, -0.1) is 0 Å². The number of nitrogens with one attached hydrogen (secondary N) is 3. The Balaban J connectivity index is 1.38. The molecule has 0 spiro atoms. The fraction of sp³-hybridized carbons (Fsp3) is 0.381. The van der Waals surface area contributed by atoms with E-state index >= 15 is 0 Å². The molecule has 2 unspecified atom stereocenters. The molecule has 6 nitrogen and oxygen atoms in total. The number of benzene rings is 2. The normalized spacial score (nSPS) is 23.9. The molecule has 2 fully saturated rings. The Morgan fingerprint density at radius 1 is 0.964 bits per heavy atom. The minimum absolute atomic E-state index is 0.0191. The van der Waals surface area contributed by atoms with Gasteiger partial charge in [-0.25, -0.2) is 8.42 Å². The molecule has 2 aliphatic rings. The minimum Gasteiger partial charge on any atom is -0.326 e. The Kier molecular flexibility index (Phi) is 5.37. The fourth-order valence-electron chi connectivity index (χ4n) is 4.29. The molecule has 0 saturated carbocycles. The summed E-state index contributed by atoms with van der Waals surface area (Å²) in [4.78, 5) is 12.7. The molecule has 4 rings (SSSR count). The van der Waals surface area contributed by atoms with Crippen LogP contribution in [-0.4, -0.2) is 26.4 Å². The molecule has 148 valence electrons. The van der Waals surface area contributed by atoms with Crippen LogP contribution in [0.4, 0.5) is 11.4 Å². The summed E-state index contributed by atoms with van der Waals surface area (Å²) in [6.07, 6.45) is 5.05. The quantitative estimate of drug-likeness (QED) is 0.695. The summed E-state index contributed by atoms with van der Waals surface area (Å²) in [5.74, 6) is 0.396. The van der Waals surface area contributed by atoms with Crippen molar-refractivity contribution in [3.8, 4) is 0 Å². The van der Waals surface area contributed by atoms with Gasteiger partial charge >= 0.3 is 0 Å². The molecule has 2 aromatic rings. The van der Waals surface area contributed by atoms with Crippen molar-refractivity contribution < 1.29 is 13.2 Å². The topological polar surface area (TPSA) is 87.3 Å². The first-order chi connectivity index (χ1) is 13.5. The lowest BCUT2D eigenvalue weighted by molar-refractivity contribution is -0.117. The van der Waals surface area contributed by atoms with Gasteiger partial charge in [0.05, 0.1) is 10.6 Å². The van der Waals surface area contributed by atoms with Crippen LogP contribution in [0.3, 0.4) is 0 Å². The summed E-state index contributed by atoms with van der Waals surface area (Å²) in [6, 6.07) is 16.1. The third kappa shape index (κ3) is 4.54. The molecular weight excluding hydrogens is 374 g/mol.